The molecule has 1 amide bonds. The summed E-state index contributed by atoms with van der Waals surface area (Å²) in [4.78, 5) is 19.2. The predicted molar refractivity (Wildman–Crippen MR) is 300 cm³/mol. The van der Waals surface area contributed by atoms with E-state index in [1.54, 1.807) is 17.8 Å². The number of aryl methyl sites for hydroxylation is 3. The molecule has 0 saturated carbocycles. The van der Waals surface area contributed by atoms with Gasteiger partial charge < -0.3 is 24.8 Å². The van der Waals surface area contributed by atoms with E-state index < -0.39 is 0 Å². The van der Waals surface area contributed by atoms with Gasteiger partial charge in [-0.25, -0.2) is 14.0 Å². The smallest absolute Gasteiger partial charge is 0.239 e. The number of carbonyl (C=O) groups excluding carboxylic acids is 1. The standard InChI is InChI=1S/C20H22N4O2.C20H24N4O.C16H19Cl2N3OS/c1-15-12-19(21-20(25)14-23-8-10-26-11-9-23)22-24(15)18-7-6-16-4-2-3-5-17(16)13-18;1-16-14-20(21-8-9-23-10-12-25-13-11-23)22-24(16)19-7-6-17-4-2-3-5-18(17)15-19;1-12-10-16(23-9-6-20-4-7-22-8-5-20)19-21(12)13-2-3-14(17)15(18)11-13/h2-7,12-13H,8-11,14H2,1H3,(H,21,22,25);2-7,14-15H,8-13H2,1H3,(H,21,22);2-3,10-11H,4-9H2,1H3. The Bertz CT molecular complexity index is 3110. The highest BCUT2D eigenvalue weighted by Gasteiger charge is 2.17. The van der Waals surface area contributed by atoms with Gasteiger partial charge in [-0.15, -0.1) is 16.9 Å². The Kier molecular flexibility index (Phi) is 18.7. The van der Waals surface area contributed by atoms with Crippen LogP contribution in [0.25, 0.3) is 38.6 Å². The number of ether oxygens (including phenoxy) is 3. The fourth-order valence-corrected chi connectivity index (χ4v) is 10.3. The summed E-state index contributed by atoms with van der Waals surface area (Å²) in [6.45, 7) is 19.9. The van der Waals surface area contributed by atoms with Gasteiger partial charge in [-0.2, -0.15) is 10.2 Å². The van der Waals surface area contributed by atoms with Crippen molar-refractivity contribution in [2.45, 2.75) is 25.8 Å². The minimum Gasteiger partial charge on any atom is -0.379 e. The third-order valence-corrected chi connectivity index (χ3v) is 14.7. The van der Waals surface area contributed by atoms with E-state index in [1.807, 2.05) is 64.3 Å². The highest BCUT2D eigenvalue weighted by molar-refractivity contribution is 7.99. The Labute approximate surface area is 447 Å². The van der Waals surface area contributed by atoms with E-state index in [-0.39, 0.29) is 5.91 Å². The molecule has 3 fully saturated rings. The Morgan fingerprint density at radius 2 is 1.00 bits per heavy atom. The van der Waals surface area contributed by atoms with Gasteiger partial charge in [0.2, 0.25) is 5.91 Å². The topological polar surface area (TPSA) is 132 Å². The van der Waals surface area contributed by atoms with Crippen molar-refractivity contribution >= 4 is 74.1 Å². The molecular weight excluding hydrogens is 994 g/mol. The van der Waals surface area contributed by atoms with Crippen LogP contribution in [0, 0.1) is 20.8 Å². The summed E-state index contributed by atoms with van der Waals surface area (Å²) in [6, 6.07) is 41.0. The zero-order chi connectivity index (χ0) is 51.2. The second-order valence-corrected chi connectivity index (χ2v) is 20.4. The normalized spacial score (nSPS) is 15.6. The number of amides is 1. The molecule has 0 atom stereocenters. The van der Waals surface area contributed by atoms with Crippen LogP contribution >= 0.6 is 35.0 Å². The van der Waals surface area contributed by atoms with Gasteiger partial charge in [-0.3, -0.25) is 19.5 Å². The molecule has 3 aromatic heterocycles. The predicted octanol–water partition coefficient (Wildman–Crippen LogP) is 9.59. The van der Waals surface area contributed by atoms with Gasteiger partial charge >= 0.3 is 0 Å². The van der Waals surface area contributed by atoms with E-state index in [1.165, 1.54) is 16.2 Å². The van der Waals surface area contributed by atoms with Crippen LogP contribution in [0.4, 0.5) is 11.6 Å². The number of hydrogen-bond acceptors (Lipinski definition) is 12. The van der Waals surface area contributed by atoms with Crippen LogP contribution < -0.4 is 10.6 Å². The van der Waals surface area contributed by atoms with E-state index in [0.717, 1.165) is 141 Å². The maximum absolute atomic E-state index is 12.3. The molecule has 0 aliphatic carbocycles. The molecular formula is C56H65Cl2N11O4S. The summed E-state index contributed by atoms with van der Waals surface area (Å²) in [5.41, 5.74) is 6.19. The van der Waals surface area contributed by atoms with Crippen molar-refractivity contribution in [2.75, 3.05) is 121 Å². The summed E-state index contributed by atoms with van der Waals surface area (Å²) >= 11 is 13.9. The Morgan fingerprint density at radius 3 is 1.58 bits per heavy atom. The van der Waals surface area contributed by atoms with E-state index in [0.29, 0.717) is 35.6 Å². The van der Waals surface area contributed by atoms with Crippen LogP contribution in [0.5, 0.6) is 0 Å². The minimum absolute atomic E-state index is 0.0462. The van der Waals surface area contributed by atoms with Crippen LogP contribution in [-0.4, -0.2) is 161 Å². The maximum Gasteiger partial charge on any atom is 0.239 e. The summed E-state index contributed by atoms with van der Waals surface area (Å²) in [6.07, 6.45) is 0. The molecule has 3 saturated heterocycles. The zero-order valence-electron chi connectivity index (χ0n) is 42.4. The van der Waals surface area contributed by atoms with Gasteiger partial charge in [0.05, 0.1) is 73.3 Å². The molecule has 11 rings (SSSR count). The number of anilines is 2. The van der Waals surface area contributed by atoms with Crippen molar-refractivity contribution in [3.05, 3.63) is 148 Å². The van der Waals surface area contributed by atoms with Gasteiger partial charge in [-0.05, 0) is 90.8 Å². The second-order valence-electron chi connectivity index (χ2n) is 18.5. The molecule has 2 N–H and O–H groups in total. The molecule has 74 heavy (non-hydrogen) atoms. The number of thioether (sulfide) groups is 1. The summed E-state index contributed by atoms with van der Waals surface area (Å²) < 4.78 is 21.8. The first-order valence-corrected chi connectivity index (χ1v) is 27.1. The lowest BCUT2D eigenvalue weighted by atomic mass is 10.1. The van der Waals surface area contributed by atoms with Crippen LogP contribution in [0.1, 0.15) is 17.1 Å². The highest BCUT2D eigenvalue weighted by Crippen LogP contribution is 2.27. The number of aromatic nitrogens is 6. The van der Waals surface area contributed by atoms with Crippen molar-refractivity contribution in [3.63, 3.8) is 0 Å². The molecule has 6 heterocycles. The van der Waals surface area contributed by atoms with Crippen molar-refractivity contribution in [1.82, 2.24) is 44.0 Å². The molecule has 0 bridgehead atoms. The van der Waals surface area contributed by atoms with Crippen LogP contribution in [0.2, 0.25) is 10.0 Å². The lowest BCUT2D eigenvalue weighted by Crippen LogP contribution is -2.41. The van der Waals surface area contributed by atoms with E-state index >= 15 is 0 Å². The molecule has 3 aliphatic rings. The molecule has 15 nitrogen and oxygen atoms in total. The average Bonchev–Trinajstić information content (AvgIpc) is 4.12. The lowest BCUT2D eigenvalue weighted by molar-refractivity contribution is -0.118. The first-order chi connectivity index (χ1) is 36.1. The molecule has 0 spiro atoms. The summed E-state index contributed by atoms with van der Waals surface area (Å²) in [5.74, 6) is 2.49. The maximum atomic E-state index is 12.3. The van der Waals surface area contributed by atoms with Gasteiger partial charge in [-0.1, -0.05) is 83.9 Å². The average molecular weight is 1060 g/mol. The van der Waals surface area contributed by atoms with E-state index in [4.69, 9.17) is 42.5 Å². The Hall–Kier alpha value is -5.79. The second kappa shape index (κ2) is 26.1. The Balaban J connectivity index is 0.000000137. The largest absolute Gasteiger partial charge is 0.379 e. The van der Waals surface area contributed by atoms with Crippen LogP contribution in [-0.2, 0) is 19.0 Å². The number of morpholine rings is 3. The first-order valence-electron chi connectivity index (χ1n) is 25.3. The van der Waals surface area contributed by atoms with Crippen LogP contribution in [0.15, 0.2) is 126 Å². The number of fused-ring (bicyclic) bond motifs is 2. The fraction of sp³-hybridized carbons (Fsp3) is 0.357. The SMILES string of the molecule is Cc1cc(NC(=O)CN2CCOCC2)nn1-c1ccc2ccccc2c1.Cc1cc(NCCN2CCOCC2)nn1-c1ccc2ccccc2c1.Cc1cc(SCCN2CCOCC2)nn1-c1ccc(Cl)c(Cl)c1. The van der Waals surface area contributed by atoms with Gasteiger partial charge in [0.1, 0.15) is 10.8 Å². The minimum atomic E-state index is -0.0462. The lowest BCUT2D eigenvalue weighted by Gasteiger charge is -2.26. The monoisotopic (exact) mass is 1060 g/mol. The molecule has 388 valence electrons. The van der Waals surface area contributed by atoms with E-state index in [2.05, 4.69) is 121 Å². The fourth-order valence-electron chi connectivity index (χ4n) is 9.05. The van der Waals surface area contributed by atoms with Crippen molar-refractivity contribution in [2.24, 2.45) is 0 Å². The molecule has 3 aliphatic heterocycles. The number of carbonyl (C=O) groups is 1. The zero-order valence-corrected chi connectivity index (χ0v) is 44.7. The number of hydrogen-bond donors (Lipinski definition) is 2. The van der Waals surface area contributed by atoms with Crippen molar-refractivity contribution < 1.29 is 19.0 Å². The van der Waals surface area contributed by atoms with Gasteiger partial charge in [0.15, 0.2) is 5.82 Å². The quantitative estimate of drug-likeness (QED) is 0.101. The van der Waals surface area contributed by atoms with Crippen LogP contribution in [0.3, 0.4) is 0 Å². The van der Waals surface area contributed by atoms with Crippen molar-refractivity contribution in [3.8, 4) is 17.1 Å². The van der Waals surface area contributed by atoms with Gasteiger partial charge in [0.25, 0.3) is 0 Å². The summed E-state index contributed by atoms with van der Waals surface area (Å²) in [7, 11) is 0. The highest BCUT2D eigenvalue weighted by atomic mass is 35.5. The third-order valence-electron chi connectivity index (χ3n) is 13.1. The van der Waals surface area contributed by atoms with E-state index in [9.17, 15) is 4.79 Å². The number of rotatable bonds is 14. The molecule has 5 aromatic carbocycles. The Morgan fingerprint density at radius 1 is 0.527 bits per heavy atom. The molecule has 0 unspecified atom stereocenters. The number of benzene rings is 5. The van der Waals surface area contributed by atoms with Gasteiger partial charge in [0, 0.05) is 93.9 Å². The summed E-state index contributed by atoms with van der Waals surface area (Å²) in [5, 5.41) is 27.3. The molecule has 0 radical (unpaired) electrons. The number of halogens is 2. The first kappa shape index (κ1) is 53.1. The third kappa shape index (κ3) is 14.5. The number of nitrogens with zero attached hydrogens (tertiary/aromatic N) is 9. The number of nitrogens with one attached hydrogen (secondary N) is 2. The van der Waals surface area contributed by atoms with Crippen molar-refractivity contribution in [1.29, 1.82) is 0 Å². The molecule has 8 aromatic rings. The molecule has 18 heteroatoms.